The molecule has 2 fully saturated rings. The fourth-order valence-electron chi connectivity index (χ4n) is 4.90. The van der Waals surface area contributed by atoms with E-state index < -0.39 is 10.0 Å². The Bertz CT molecular complexity index is 899. The number of rotatable bonds is 14. The number of allylic oxidation sites excluding steroid dienone is 1. The van der Waals surface area contributed by atoms with Gasteiger partial charge in [-0.15, -0.1) is 0 Å². The molecular weight excluding hydrogens is 488 g/mol. The normalized spacial score (nSPS) is 19.2. The van der Waals surface area contributed by atoms with Gasteiger partial charge in [0, 0.05) is 53.4 Å². The van der Waals surface area contributed by atoms with Crippen molar-refractivity contribution in [2.45, 2.75) is 71.0 Å². The van der Waals surface area contributed by atoms with Gasteiger partial charge in [-0.3, -0.25) is 14.7 Å². The van der Waals surface area contributed by atoms with Crippen molar-refractivity contribution in [3.63, 3.8) is 0 Å². The van der Waals surface area contributed by atoms with Crippen LogP contribution in [-0.2, 0) is 14.8 Å². The summed E-state index contributed by atoms with van der Waals surface area (Å²) in [7, 11) is 0.572. The van der Waals surface area contributed by atoms with Crippen LogP contribution < -0.4 is 10.6 Å². The van der Waals surface area contributed by atoms with Crippen LogP contribution in [0, 0.1) is 5.92 Å². The van der Waals surface area contributed by atoms with Crippen molar-refractivity contribution in [3.05, 3.63) is 23.5 Å². The van der Waals surface area contributed by atoms with Gasteiger partial charge in [-0.1, -0.05) is 39.2 Å². The second-order valence-corrected chi connectivity index (χ2v) is 13.2. The van der Waals surface area contributed by atoms with Crippen molar-refractivity contribution in [2.24, 2.45) is 10.9 Å². The Kier molecular flexibility index (Phi) is 13.1. The van der Waals surface area contributed by atoms with Crippen LogP contribution in [-0.4, -0.2) is 99.9 Å². The first kappa shape index (κ1) is 31.3. The summed E-state index contributed by atoms with van der Waals surface area (Å²) in [6, 6.07) is 0. The van der Waals surface area contributed by atoms with E-state index in [2.05, 4.69) is 34.0 Å². The summed E-state index contributed by atoms with van der Waals surface area (Å²) >= 11 is 0. The highest BCUT2D eigenvalue weighted by Gasteiger charge is 2.29. The maximum atomic E-state index is 13.2. The van der Waals surface area contributed by atoms with Crippen LogP contribution in [0.5, 0.6) is 0 Å². The Morgan fingerprint density at radius 2 is 1.78 bits per heavy atom. The number of hydrogen-bond acceptors (Lipinski definition) is 6. The van der Waals surface area contributed by atoms with Crippen LogP contribution in [0.1, 0.15) is 65.7 Å². The molecule has 0 unspecified atom stereocenters. The van der Waals surface area contributed by atoms with Crippen molar-refractivity contribution < 1.29 is 13.2 Å². The molecule has 1 aliphatic heterocycles. The monoisotopic (exact) mass is 538 g/mol. The summed E-state index contributed by atoms with van der Waals surface area (Å²) in [6.45, 7) is 14.3. The zero-order chi connectivity index (χ0) is 27.4. The fourth-order valence-corrected chi connectivity index (χ4v) is 6.17. The largest absolute Gasteiger partial charge is 0.372 e. The number of nitrogens with one attached hydrogen (secondary N) is 2. The van der Waals surface area contributed by atoms with E-state index in [-0.39, 0.29) is 11.2 Å². The molecule has 1 aliphatic carbocycles. The lowest BCUT2D eigenvalue weighted by atomic mass is 9.89. The second kappa shape index (κ2) is 15.5. The number of nitrogens with zero attached hydrogens (tertiary/aromatic N) is 4. The van der Waals surface area contributed by atoms with E-state index in [0.717, 1.165) is 25.0 Å². The predicted octanol–water partition coefficient (Wildman–Crippen LogP) is 2.79. The molecule has 1 amide bonds. The second-order valence-electron chi connectivity index (χ2n) is 10.7. The maximum absolute atomic E-state index is 13.2. The minimum absolute atomic E-state index is 0.0852. The lowest BCUT2D eigenvalue weighted by Crippen LogP contribution is -2.50. The molecule has 0 bridgehead atoms. The van der Waals surface area contributed by atoms with Crippen LogP contribution in [0.25, 0.3) is 0 Å². The number of carbonyl (C=O) groups is 1. The van der Waals surface area contributed by atoms with Crippen molar-refractivity contribution in [1.82, 2.24) is 24.7 Å². The van der Waals surface area contributed by atoms with Gasteiger partial charge in [-0.2, -0.15) is 4.31 Å². The Balaban J connectivity index is 1.95. The first-order valence-electron chi connectivity index (χ1n) is 13.9. The number of amides is 1. The van der Waals surface area contributed by atoms with Crippen LogP contribution in [0.2, 0.25) is 0 Å². The lowest BCUT2D eigenvalue weighted by Gasteiger charge is -2.34. The molecule has 2 rings (SSSR count). The van der Waals surface area contributed by atoms with Gasteiger partial charge < -0.3 is 15.5 Å². The number of sulfonamides is 1. The van der Waals surface area contributed by atoms with Gasteiger partial charge in [0.2, 0.25) is 10.0 Å². The quantitative estimate of drug-likeness (QED) is 0.153. The van der Waals surface area contributed by atoms with Crippen molar-refractivity contribution in [2.75, 3.05) is 59.9 Å². The molecule has 1 saturated carbocycles. The van der Waals surface area contributed by atoms with Gasteiger partial charge in [0.05, 0.1) is 23.8 Å². The average molecular weight is 539 g/mol. The van der Waals surface area contributed by atoms with Gasteiger partial charge >= 0.3 is 0 Å². The topological polar surface area (TPSA) is 97.4 Å². The number of carbonyl (C=O) groups excluding carboxylic acids is 1. The van der Waals surface area contributed by atoms with E-state index in [9.17, 15) is 13.2 Å². The summed E-state index contributed by atoms with van der Waals surface area (Å²) in [4.78, 5) is 21.8. The predicted molar refractivity (Wildman–Crippen MR) is 153 cm³/mol. The van der Waals surface area contributed by atoms with Crippen LogP contribution >= 0.6 is 0 Å². The molecule has 212 valence electrons. The fraction of sp³-hybridized carbons (Fsp3) is 0.778. The molecule has 10 heteroatoms. The highest BCUT2D eigenvalue weighted by molar-refractivity contribution is 7.89. The standard InChI is InChI=1S/C27H50N6O3S/c1-7-11-23(4)25(26(31(5)6)27(34)29-20-24-12-9-8-10-13-24)30-21-28-14-15-32-16-18-33(19-17-32)37(35,36)22(2)3/h21-22,24H,4,7-20H2,1-3,5-6H3,(H,28,30)(H,29,34)/b26-25+. The van der Waals surface area contributed by atoms with Crippen molar-refractivity contribution >= 4 is 22.3 Å². The minimum atomic E-state index is -3.19. The van der Waals surface area contributed by atoms with Gasteiger partial charge in [0.25, 0.3) is 5.91 Å². The molecule has 0 radical (unpaired) electrons. The van der Waals surface area contributed by atoms with Crippen molar-refractivity contribution in [1.29, 1.82) is 0 Å². The van der Waals surface area contributed by atoms with Gasteiger partial charge in [0.1, 0.15) is 5.70 Å². The molecule has 0 atom stereocenters. The smallest absolute Gasteiger partial charge is 0.269 e. The third-order valence-corrected chi connectivity index (χ3v) is 9.49. The first-order chi connectivity index (χ1) is 17.6. The van der Waals surface area contributed by atoms with Gasteiger partial charge in [-0.25, -0.2) is 8.42 Å². The summed E-state index contributed by atoms with van der Waals surface area (Å²) in [6.07, 6.45) is 9.55. The van der Waals surface area contributed by atoms with E-state index in [1.165, 1.54) is 32.1 Å². The third kappa shape index (κ3) is 9.72. The summed E-state index contributed by atoms with van der Waals surface area (Å²) in [5, 5.41) is 6.03. The van der Waals surface area contributed by atoms with E-state index >= 15 is 0 Å². The molecular formula is C27H50N6O3S. The maximum Gasteiger partial charge on any atom is 0.269 e. The Labute approximate surface area is 225 Å². The van der Waals surface area contributed by atoms with E-state index in [0.29, 0.717) is 56.6 Å². The highest BCUT2D eigenvalue weighted by Crippen LogP contribution is 2.23. The molecule has 37 heavy (non-hydrogen) atoms. The number of likely N-dealkylation sites (N-methyl/N-ethyl adjacent to an activating group) is 1. The van der Waals surface area contributed by atoms with Gasteiger partial charge in [0.15, 0.2) is 0 Å². The molecule has 0 aromatic rings. The Morgan fingerprint density at radius 3 is 2.35 bits per heavy atom. The average Bonchev–Trinajstić information content (AvgIpc) is 2.87. The van der Waals surface area contributed by atoms with Crippen LogP contribution in [0.15, 0.2) is 28.5 Å². The molecule has 0 aromatic carbocycles. The van der Waals surface area contributed by atoms with E-state index in [4.69, 9.17) is 0 Å². The minimum Gasteiger partial charge on any atom is -0.372 e. The summed E-state index contributed by atoms with van der Waals surface area (Å²) in [5.74, 6) is 0.475. The van der Waals surface area contributed by atoms with E-state index in [1.807, 2.05) is 19.0 Å². The number of hydrogen-bond donors (Lipinski definition) is 2. The SMILES string of the molecule is C=C(CCC)/C(NC=NCCN1CCN(S(=O)(=O)C(C)C)CC1)=C(/C(=O)NCC1CCCCC1)N(C)C. The Hall–Kier alpha value is -1.91. The van der Waals surface area contributed by atoms with Crippen molar-refractivity contribution in [3.8, 4) is 0 Å². The number of aliphatic imine (C=N–C) groups is 1. The summed E-state index contributed by atoms with van der Waals surface area (Å²) in [5.41, 5.74) is 2.17. The molecule has 2 aliphatic rings. The van der Waals surface area contributed by atoms with Crippen LogP contribution in [0.3, 0.4) is 0 Å². The number of piperazine rings is 1. The molecule has 1 heterocycles. The first-order valence-corrected chi connectivity index (χ1v) is 15.4. The zero-order valence-electron chi connectivity index (χ0n) is 23.8. The molecule has 0 aromatic heterocycles. The summed E-state index contributed by atoms with van der Waals surface area (Å²) < 4.78 is 26.3. The third-order valence-electron chi connectivity index (χ3n) is 7.21. The molecule has 9 nitrogen and oxygen atoms in total. The molecule has 2 N–H and O–H groups in total. The highest BCUT2D eigenvalue weighted by atomic mass is 32.2. The van der Waals surface area contributed by atoms with Gasteiger partial charge in [-0.05, 0) is 44.6 Å². The zero-order valence-corrected chi connectivity index (χ0v) is 24.6. The Morgan fingerprint density at radius 1 is 1.14 bits per heavy atom. The van der Waals surface area contributed by atoms with E-state index in [1.54, 1.807) is 24.5 Å². The van der Waals surface area contributed by atoms with Crippen LogP contribution in [0.4, 0.5) is 0 Å². The molecule has 0 spiro atoms. The lowest BCUT2D eigenvalue weighted by molar-refractivity contribution is -0.119. The molecule has 1 saturated heterocycles.